The van der Waals surface area contributed by atoms with Crippen LogP contribution >= 0.6 is 0 Å². The lowest BCUT2D eigenvalue weighted by Crippen LogP contribution is -2.50. The molecule has 0 aromatic heterocycles. The molecule has 0 radical (unpaired) electrons. The highest BCUT2D eigenvalue weighted by molar-refractivity contribution is 5.88. The van der Waals surface area contributed by atoms with E-state index < -0.39 is 6.04 Å². The molecular weight excluding hydrogens is 376 g/mol. The number of hydrogen-bond donors (Lipinski definition) is 1. The van der Waals surface area contributed by atoms with E-state index in [-0.39, 0.29) is 24.3 Å². The zero-order chi connectivity index (χ0) is 21.5. The Labute approximate surface area is 179 Å². The lowest BCUT2D eigenvalue weighted by Gasteiger charge is -2.30. The summed E-state index contributed by atoms with van der Waals surface area (Å²) in [5.41, 5.74) is 3.07. The van der Waals surface area contributed by atoms with Crippen molar-refractivity contribution in [3.05, 3.63) is 65.2 Å². The molecule has 0 unspecified atom stereocenters. The Balaban J connectivity index is 1.77. The first kappa shape index (κ1) is 21.9. The van der Waals surface area contributed by atoms with Gasteiger partial charge in [-0.1, -0.05) is 49.2 Å². The molecule has 5 nitrogen and oxygen atoms in total. The third-order valence-electron chi connectivity index (χ3n) is 5.99. The van der Waals surface area contributed by atoms with Crippen molar-refractivity contribution in [3.8, 4) is 5.75 Å². The predicted octanol–water partition coefficient (Wildman–Crippen LogP) is 4.02. The molecule has 1 N–H and O–H groups in total. The smallest absolute Gasteiger partial charge is 0.242 e. The van der Waals surface area contributed by atoms with E-state index in [4.69, 9.17) is 4.74 Å². The summed E-state index contributed by atoms with van der Waals surface area (Å²) in [5, 5.41) is 3.14. The first-order valence-electron chi connectivity index (χ1n) is 10.7. The number of nitrogens with zero attached hydrogens (tertiary/aromatic N) is 1. The molecule has 2 aromatic carbocycles. The van der Waals surface area contributed by atoms with Gasteiger partial charge in [-0.25, -0.2) is 0 Å². The summed E-state index contributed by atoms with van der Waals surface area (Å²) in [6.45, 7) is 4.28. The van der Waals surface area contributed by atoms with Gasteiger partial charge in [0, 0.05) is 12.6 Å². The lowest BCUT2D eigenvalue weighted by atomic mass is 10.1. The van der Waals surface area contributed by atoms with E-state index in [2.05, 4.69) is 5.32 Å². The van der Waals surface area contributed by atoms with Crippen LogP contribution in [-0.2, 0) is 22.6 Å². The molecule has 0 saturated heterocycles. The van der Waals surface area contributed by atoms with Crippen LogP contribution in [0, 0.1) is 6.92 Å². The molecule has 1 atom stereocenters. The van der Waals surface area contributed by atoms with Gasteiger partial charge in [-0.3, -0.25) is 9.59 Å². The van der Waals surface area contributed by atoms with Crippen molar-refractivity contribution in [1.29, 1.82) is 0 Å². The summed E-state index contributed by atoms with van der Waals surface area (Å²) >= 11 is 0. The van der Waals surface area contributed by atoms with E-state index in [0.29, 0.717) is 6.54 Å². The van der Waals surface area contributed by atoms with Crippen LogP contribution in [0.3, 0.4) is 0 Å². The van der Waals surface area contributed by atoms with Crippen LogP contribution in [0.4, 0.5) is 0 Å². The third-order valence-corrected chi connectivity index (χ3v) is 5.99. The number of rotatable bonds is 8. The number of benzene rings is 2. The fourth-order valence-corrected chi connectivity index (χ4v) is 3.97. The first-order chi connectivity index (χ1) is 14.5. The maximum atomic E-state index is 13.3. The number of ether oxygens (including phenoxy) is 1. The van der Waals surface area contributed by atoms with Crippen LogP contribution in [0.25, 0.3) is 0 Å². The van der Waals surface area contributed by atoms with Crippen molar-refractivity contribution in [3.63, 3.8) is 0 Å². The van der Waals surface area contributed by atoms with E-state index >= 15 is 0 Å². The van der Waals surface area contributed by atoms with Gasteiger partial charge in [0.2, 0.25) is 11.8 Å². The van der Waals surface area contributed by atoms with E-state index in [9.17, 15) is 9.59 Å². The van der Waals surface area contributed by atoms with Gasteiger partial charge in [0.1, 0.15) is 11.8 Å². The second-order valence-electron chi connectivity index (χ2n) is 8.14. The Morgan fingerprint density at radius 3 is 2.40 bits per heavy atom. The maximum Gasteiger partial charge on any atom is 0.242 e. The van der Waals surface area contributed by atoms with Crippen molar-refractivity contribution < 1.29 is 14.3 Å². The van der Waals surface area contributed by atoms with Gasteiger partial charge in [0.15, 0.2) is 0 Å². The molecule has 160 valence electrons. The van der Waals surface area contributed by atoms with E-state index in [1.165, 1.54) is 0 Å². The Morgan fingerprint density at radius 2 is 1.77 bits per heavy atom. The van der Waals surface area contributed by atoms with Crippen LogP contribution in [-0.4, -0.2) is 35.9 Å². The first-order valence-corrected chi connectivity index (χ1v) is 10.7. The molecule has 1 aliphatic carbocycles. The van der Waals surface area contributed by atoms with Gasteiger partial charge < -0.3 is 15.0 Å². The Hall–Kier alpha value is -2.82. The summed E-state index contributed by atoms with van der Waals surface area (Å²) in [7, 11) is 1.62. The molecule has 0 bridgehead atoms. The second-order valence-corrected chi connectivity index (χ2v) is 8.14. The maximum absolute atomic E-state index is 13.3. The van der Waals surface area contributed by atoms with Crippen molar-refractivity contribution in [2.24, 2.45) is 0 Å². The van der Waals surface area contributed by atoms with Gasteiger partial charge in [-0.2, -0.15) is 0 Å². The minimum Gasteiger partial charge on any atom is -0.497 e. The quantitative estimate of drug-likeness (QED) is 0.718. The number of carbonyl (C=O) groups is 2. The van der Waals surface area contributed by atoms with Crippen molar-refractivity contribution in [2.75, 3.05) is 7.11 Å². The van der Waals surface area contributed by atoms with Crippen molar-refractivity contribution >= 4 is 11.8 Å². The number of carbonyl (C=O) groups excluding carboxylic acids is 2. The number of aryl methyl sites for hydroxylation is 1. The number of methoxy groups -OCH3 is 1. The Bertz CT molecular complexity index is 857. The molecule has 5 heteroatoms. The molecule has 2 amide bonds. The average Bonchev–Trinajstić information content (AvgIpc) is 3.26. The largest absolute Gasteiger partial charge is 0.497 e. The SMILES string of the molecule is COc1ccc(CC(=O)N(Cc2ccccc2C)[C@H](C)C(=O)NC2CCCC2)cc1. The van der Waals surface area contributed by atoms with Gasteiger partial charge in [0.25, 0.3) is 0 Å². The van der Waals surface area contributed by atoms with E-state index in [1.54, 1.807) is 12.0 Å². The lowest BCUT2D eigenvalue weighted by molar-refractivity contribution is -0.140. The van der Waals surface area contributed by atoms with Gasteiger partial charge in [-0.05, 0) is 55.5 Å². The van der Waals surface area contributed by atoms with Gasteiger partial charge in [-0.15, -0.1) is 0 Å². The highest BCUT2D eigenvalue weighted by Crippen LogP contribution is 2.20. The molecule has 0 aliphatic heterocycles. The fraction of sp³-hybridized carbons (Fsp3) is 0.440. The zero-order valence-corrected chi connectivity index (χ0v) is 18.2. The minimum atomic E-state index is -0.532. The molecular formula is C25H32N2O3. The monoisotopic (exact) mass is 408 g/mol. The highest BCUT2D eigenvalue weighted by atomic mass is 16.5. The number of nitrogens with one attached hydrogen (secondary N) is 1. The molecule has 0 heterocycles. The van der Waals surface area contributed by atoms with Crippen LogP contribution in [0.15, 0.2) is 48.5 Å². The molecule has 1 aliphatic rings. The molecule has 1 saturated carbocycles. The second kappa shape index (κ2) is 10.3. The van der Waals surface area contributed by atoms with Gasteiger partial charge >= 0.3 is 0 Å². The van der Waals surface area contributed by atoms with E-state index in [0.717, 1.165) is 48.1 Å². The Morgan fingerprint density at radius 1 is 1.10 bits per heavy atom. The average molecular weight is 409 g/mol. The minimum absolute atomic E-state index is 0.0579. The van der Waals surface area contributed by atoms with Crippen molar-refractivity contribution in [1.82, 2.24) is 10.2 Å². The van der Waals surface area contributed by atoms with Crippen molar-refractivity contribution in [2.45, 2.75) is 64.6 Å². The highest BCUT2D eigenvalue weighted by Gasteiger charge is 2.28. The fourth-order valence-electron chi connectivity index (χ4n) is 3.97. The summed E-state index contributed by atoms with van der Waals surface area (Å²) < 4.78 is 5.20. The summed E-state index contributed by atoms with van der Waals surface area (Å²) in [4.78, 5) is 27.9. The topological polar surface area (TPSA) is 58.6 Å². The summed E-state index contributed by atoms with van der Waals surface area (Å²) in [6, 6.07) is 15.2. The standard InChI is InChI=1S/C25H32N2O3/c1-18-8-4-5-9-21(18)17-27(19(2)25(29)26-22-10-6-7-11-22)24(28)16-20-12-14-23(30-3)15-13-20/h4-5,8-9,12-15,19,22H,6-7,10-11,16-17H2,1-3H3,(H,26,29)/t19-/m1/s1. The molecule has 1 fully saturated rings. The summed E-state index contributed by atoms with van der Waals surface area (Å²) in [5.74, 6) is 0.628. The Kier molecular flexibility index (Phi) is 7.50. The van der Waals surface area contributed by atoms with E-state index in [1.807, 2.05) is 62.4 Å². The summed E-state index contributed by atoms with van der Waals surface area (Å²) in [6.07, 6.45) is 4.61. The third kappa shape index (κ3) is 5.62. The van der Waals surface area contributed by atoms with Gasteiger partial charge in [0.05, 0.1) is 13.5 Å². The molecule has 2 aromatic rings. The van der Waals surface area contributed by atoms with Crippen LogP contribution in [0.1, 0.15) is 49.3 Å². The zero-order valence-electron chi connectivity index (χ0n) is 18.2. The molecule has 30 heavy (non-hydrogen) atoms. The predicted molar refractivity (Wildman–Crippen MR) is 118 cm³/mol. The normalized spacial score (nSPS) is 14.9. The number of hydrogen-bond acceptors (Lipinski definition) is 3. The number of amides is 2. The molecule has 0 spiro atoms. The van der Waals surface area contributed by atoms with Crippen LogP contribution in [0.5, 0.6) is 5.75 Å². The van der Waals surface area contributed by atoms with Crippen LogP contribution < -0.4 is 10.1 Å². The molecule has 3 rings (SSSR count). The van der Waals surface area contributed by atoms with Crippen LogP contribution in [0.2, 0.25) is 0 Å².